The molecule has 0 aliphatic rings. The number of nitrogens with two attached hydrogens (primary N) is 1. The molecule has 0 heterocycles. The molecule has 0 fully saturated rings. The Morgan fingerprint density at radius 1 is 1.24 bits per heavy atom. The standard InChI is InChI=1S/C11H28N2O3Si/c1-7-9-17(12,13-8-2)16-11(3,4)10(14-5)15-6/h10,13H,7-9,12H2,1-6H3. The van der Waals surface area contributed by atoms with E-state index < -0.39 is 20.5 Å². The smallest absolute Gasteiger partial charge is 0.349 e. The SMILES string of the molecule is CCC[Si](N)(NCC)OC(C)(C)C(OC)OC. The molecule has 5 nitrogen and oxygen atoms in total. The van der Waals surface area contributed by atoms with Crippen LogP contribution in [0.5, 0.6) is 0 Å². The van der Waals surface area contributed by atoms with E-state index in [0.717, 1.165) is 19.0 Å². The summed E-state index contributed by atoms with van der Waals surface area (Å²) in [5.74, 6) is 0. The minimum atomic E-state index is -2.39. The number of ether oxygens (including phenoxy) is 2. The highest BCUT2D eigenvalue weighted by Gasteiger charge is 2.41. The third-order valence-corrected chi connectivity index (χ3v) is 5.62. The van der Waals surface area contributed by atoms with Crippen LogP contribution in [0, 0.1) is 0 Å². The Morgan fingerprint density at radius 2 is 1.76 bits per heavy atom. The summed E-state index contributed by atoms with van der Waals surface area (Å²) in [7, 11) is 0.816. The van der Waals surface area contributed by atoms with Crippen molar-refractivity contribution in [2.24, 2.45) is 5.40 Å². The summed E-state index contributed by atoms with van der Waals surface area (Å²) >= 11 is 0. The van der Waals surface area contributed by atoms with E-state index in [0.29, 0.717) is 0 Å². The number of hydrogen-bond acceptors (Lipinski definition) is 5. The number of nitrogens with one attached hydrogen (secondary N) is 1. The van der Waals surface area contributed by atoms with Gasteiger partial charge in [-0.1, -0.05) is 20.3 Å². The van der Waals surface area contributed by atoms with Crippen LogP contribution in [0.25, 0.3) is 0 Å². The fourth-order valence-electron chi connectivity index (χ4n) is 2.03. The van der Waals surface area contributed by atoms with Crippen molar-refractivity contribution >= 4 is 8.64 Å². The van der Waals surface area contributed by atoms with E-state index in [1.54, 1.807) is 14.2 Å². The van der Waals surface area contributed by atoms with Gasteiger partial charge in [-0.2, -0.15) is 0 Å². The maximum atomic E-state index is 6.35. The van der Waals surface area contributed by atoms with Gasteiger partial charge in [-0.25, -0.2) is 0 Å². The van der Waals surface area contributed by atoms with Gasteiger partial charge in [0, 0.05) is 14.2 Å². The Labute approximate surface area is 106 Å². The first-order valence-electron chi connectivity index (χ1n) is 6.14. The first kappa shape index (κ1) is 17.0. The van der Waals surface area contributed by atoms with Gasteiger partial charge in [0.15, 0.2) is 6.29 Å². The topological polar surface area (TPSA) is 65.7 Å². The Hall–Kier alpha value is 0.0169. The second-order valence-corrected chi connectivity index (χ2v) is 7.52. The molecule has 0 amide bonds. The lowest BCUT2D eigenvalue weighted by atomic mass is 10.1. The van der Waals surface area contributed by atoms with E-state index in [9.17, 15) is 0 Å². The summed E-state index contributed by atoms with van der Waals surface area (Å²) in [6.45, 7) is 8.82. The number of methoxy groups -OCH3 is 2. The highest BCUT2D eigenvalue weighted by Crippen LogP contribution is 2.22. The minimum Gasteiger partial charge on any atom is -0.381 e. The van der Waals surface area contributed by atoms with Gasteiger partial charge < -0.3 is 24.3 Å². The van der Waals surface area contributed by atoms with Crippen molar-refractivity contribution in [3.8, 4) is 0 Å². The molecule has 0 spiro atoms. The molecule has 3 N–H and O–H groups in total. The maximum Gasteiger partial charge on any atom is 0.349 e. The predicted octanol–water partition coefficient (Wildman–Crippen LogP) is 1.32. The largest absolute Gasteiger partial charge is 0.381 e. The molecular weight excluding hydrogens is 236 g/mol. The molecule has 0 aromatic carbocycles. The molecule has 0 aliphatic carbocycles. The van der Waals surface area contributed by atoms with Crippen LogP contribution >= 0.6 is 0 Å². The van der Waals surface area contributed by atoms with Crippen LogP contribution in [-0.2, 0) is 13.9 Å². The molecule has 0 aromatic rings. The van der Waals surface area contributed by atoms with Crippen molar-refractivity contribution in [2.75, 3.05) is 20.8 Å². The molecular formula is C11H28N2O3Si. The highest BCUT2D eigenvalue weighted by atomic mass is 28.4. The lowest BCUT2D eigenvalue weighted by molar-refractivity contribution is -0.195. The van der Waals surface area contributed by atoms with Crippen molar-refractivity contribution in [3.63, 3.8) is 0 Å². The van der Waals surface area contributed by atoms with Crippen molar-refractivity contribution < 1.29 is 13.9 Å². The van der Waals surface area contributed by atoms with Crippen LogP contribution in [0.2, 0.25) is 6.04 Å². The maximum absolute atomic E-state index is 6.35. The Balaban J connectivity index is 4.71. The quantitative estimate of drug-likeness (QED) is 0.486. The van der Waals surface area contributed by atoms with E-state index in [1.165, 1.54) is 0 Å². The average Bonchev–Trinajstić information content (AvgIpc) is 2.17. The molecule has 0 saturated carbocycles. The molecule has 17 heavy (non-hydrogen) atoms. The van der Waals surface area contributed by atoms with Crippen LogP contribution in [0.1, 0.15) is 34.1 Å². The zero-order valence-corrected chi connectivity index (χ0v) is 13.0. The van der Waals surface area contributed by atoms with Crippen LogP contribution in [0.3, 0.4) is 0 Å². The monoisotopic (exact) mass is 264 g/mol. The van der Waals surface area contributed by atoms with Crippen LogP contribution < -0.4 is 10.4 Å². The van der Waals surface area contributed by atoms with Crippen molar-refractivity contribution in [3.05, 3.63) is 0 Å². The Bertz CT molecular complexity index is 202. The van der Waals surface area contributed by atoms with Gasteiger partial charge in [-0.15, -0.1) is 0 Å². The van der Waals surface area contributed by atoms with Gasteiger partial charge in [0.2, 0.25) is 0 Å². The second-order valence-electron chi connectivity index (χ2n) is 4.68. The molecule has 0 aliphatic heterocycles. The first-order chi connectivity index (χ1) is 7.85. The predicted molar refractivity (Wildman–Crippen MR) is 71.7 cm³/mol. The molecule has 0 saturated heterocycles. The molecule has 0 aromatic heterocycles. The molecule has 1 atom stereocenters. The normalized spacial score (nSPS) is 16.2. The van der Waals surface area contributed by atoms with Gasteiger partial charge in [0.25, 0.3) is 0 Å². The zero-order chi connectivity index (χ0) is 13.5. The molecule has 1 unspecified atom stereocenters. The Kier molecular flexibility index (Phi) is 7.46. The number of rotatable bonds is 9. The Morgan fingerprint density at radius 3 is 2.12 bits per heavy atom. The summed E-state index contributed by atoms with van der Waals surface area (Å²) in [4.78, 5) is 3.30. The molecule has 104 valence electrons. The van der Waals surface area contributed by atoms with E-state index >= 15 is 0 Å². The summed E-state index contributed by atoms with van der Waals surface area (Å²) < 4.78 is 16.6. The van der Waals surface area contributed by atoms with Gasteiger partial charge in [-0.3, -0.25) is 0 Å². The summed E-state index contributed by atoms with van der Waals surface area (Å²) in [5, 5.41) is 6.35. The van der Waals surface area contributed by atoms with E-state index in [4.69, 9.17) is 19.3 Å². The molecule has 0 radical (unpaired) electrons. The highest BCUT2D eigenvalue weighted by molar-refractivity contribution is 6.68. The number of hydrogen-bond donors (Lipinski definition) is 2. The summed E-state index contributed by atoms with van der Waals surface area (Å²) in [6.07, 6.45) is 0.574. The van der Waals surface area contributed by atoms with Crippen LogP contribution in [-0.4, -0.2) is 41.3 Å². The lowest BCUT2D eigenvalue weighted by Gasteiger charge is -2.39. The van der Waals surface area contributed by atoms with Gasteiger partial charge >= 0.3 is 8.64 Å². The third-order valence-electron chi connectivity index (χ3n) is 2.54. The van der Waals surface area contributed by atoms with Crippen molar-refractivity contribution in [1.29, 1.82) is 0 Å². The summed E-state index contributed by atoms with van der Waals surface area (Å²) in [6, 6.07) is 0.865. The van der Waals surface area contributed by atoms with E-state index in [2.05, 4.69) is 11.9 Å². The van der Waals surface area contributed by atoms with Gasteiger partial charge in [-0.05, 0) is 26.4 Å². The average molecular weight is 264 g/mol. The molecule has 6 heteroatoms. The molecule has 0 rings (SSSR count). The van der Waals surface area contributed by atoms with Gasteiger partial charge in [0.05, 0.1) is 0 Å². The van der Waals surface area contributed by atoms with Gasteiger partial charge in [0.1, 0.15) is 5.60 Å². The zero-order valence-electron chi connectivity index (χ0n) is 12.0. The molecule has 0 bridgehead atoms. The minimum absolute atomic E-state index is 0.423. The van der Waals surface area contributed by atoms with E-state index in [1.807, 2.05) is 20.8 Å². The van der Waals surface area contributed by atoms with Crippen molar-refractivity contribution in [2.45, 2.75) is 52.1 Å². The van der Waals surface area contributed by atoms with Crippen LogP contribution in [0.4, 0.5) is 0 Å². The van der Waals surface area contributed by atoms with Crippen LogP contribution in [0.15, 0.2) is 0 Å². The fourth-order valence-corrected chi connectivity index (χ4v) is 4.75. The first-order valence-corrected chi connectivity index (χ1v) is 8.34. The third kappa shape index (κ3) is 5.46. The van der Waals surface area contributed by atoms with E-state index in [-0.39, 0.29) is 0 Å². The van der Waals surface area contributed by atoms with Crippen molar-refractivity contribution in [1.82, 2.24) is 4.98 Å². The second kappa shape index (κ2) is 7.45. The summed E-state index contributed by atoms with van der Waals surface area (Å²) in [5.41, 5.74) is -0.568. The lowest BCUT2D eigenvalue weighted by Crippen LogP contribution is -2.66. The fraction of sp³-hybridized carbons (Fsp3) is 1.00.